The van der Waals surface area contributed by atoms with Gasteiger partial charge in [-0.05, 0) is 31.5 Å². The number of nitrogens with zero attached hydrogens (tertiary/aromatic N) is 3. The third-order valence-electron chi connectivity index (χ3n) is 4.52. The molecule has 2 aromatic carbocycles. The van der Waals surface area contributed by atoms with E-state index in [1.807, 2.05) is 55.5 Å². The fourth-order valence-electron chi connectivity index (χ4n) is 3.20. The minimum absolute atomic E-state index is 0.269. The van der Waals surface area contributed by atoms with Gasteiger partial charge in [-0.25, -0.2) is 4.68 Å². The summed E-state index contributed by atoms with van der Waals surface area (Å²) in [6.45, 7) is 4.16. The van der Waals surface area contributed by atoms with E-state index >= 15 is 0 Å². The Bertz CT molecular complexity index is 1190. The average Bonchev–Trinajstić information content (AvgIpc) is 3.06. The van der Waals surface area contributed by atoms with Crippen molar-refractivity contribution >= 4 is 10.9 Å². The summed E-state index contributed by atoms with van der Waals surface area (Å²) in [7, 11) is 1.62. The van der Waals surface area contributed by atoms with Gasteiger partial charge in [-0.15, -0.1) is 0 Å². The van der Waals surface area contributed by atoms with Gasteiger partial charge in [0.2, 0.25) is 0 Å². The van der Waals surface area contributed by atoms with Gasteiger partial charge >= 0.3 is 0 Å². The molecule has 0 atom stereocenters. The molecular formula is C21H19N3O3. The van der Waals surface area contributed by atoms with E-state index in [1.165, 1.54) is 4.68 Å². The largest absolute Gasteiger partial charge is 0.497 e. The topological polar surface area (TPSA) is 70.2 Å². The lowest BCUT2D eigenvalue weighted by Gasteiger charge is -2.10. The van der Waals surface area contributed by atoms with Crippen LogP contribution in [0.25, 0.3) is 22.2 Å². The van der Waals surface area contributed by atoms with E-state index in [0.29, 0.717) is 29.1 Å². The normalized spacial score (nSPS) is 11.1. The van der Waals surface area contributed by atoms with Crippen molar-refractivity contribution in [2.24, 2.45) is 0 Å². The van der Waals surface area contributed by atoms with Crippen LogP contribution in [0, 0.1) is 13.8 Å². The first-order chi connectivity index (χ1) is 13.1. The molecule has 6 nitrogen and oxygen atoms in total. The first-order valence-corrected chi connectivity index (χ1v) is 8.64. The fourth-order valence-corrected chi connectivity index (χ4v) is 3.20. The van der Waals surface area contributed by atoms with Crippen LogP contribution in [-0.2, 0) is 6.54 Å². The lowest BCUT2D eigenvalue weighted by atomic mass is 10.1. The van der Waals surface area contributed by atoms with Crippen molar-refractivity contribution in [3.8, 4) is 17.0 Å². The second-order valence-electron chi connectivity index (χ2n) is 6.49. The molecule has 136 valence electrons. The molecule has 4 rings (SSSR count). The summed E-state index contributed by atoms with van der Waals surface area (Å²) in [4.78, 5) is 12.9. The van der Waals surface area contributed by atoms with E-state index in [2.05, 4.69) is 10.3 Å². The minimum Gasteiger partial charge on any atom is -0.497 e. The van der Waals surface area contributed by atoms with Crippen LogP contribution >= 0.6 is 0 Å². The van der Waals surface area contributed by atoms with Gasteiger partial charge in [-0.2, -0.15) is 5.10 Å². The molecule has 0 aliphatic rings. The maximum atomic E-state index is 12.9. The smallest absolute Gasteiger partial charge is 0.297 e. The van der Waals surface area contributed by atoms with E-state index in [4.69, 9.17) is 9.26 Å². The first-order valence-electron chi connectivity index (χ1n) is 8.64. The summed E-state index contributed by atoms with van der Waals surface area (Å²) in [5.74, 6) is 1.28. The predicted octanol–water partition coefficient (Wildman–Crippen LogP) is 3.73. The highest BCUT2D eigenvalue weighted by molar-refractivity contribution is 5.93. The highest BCUT2D eigenvalue weighted by Gasteiger charge is 2.19. The van der Waals surface area contributed by atoms with Crippen LogP contribution in [0.5, 0.6) is 5.75 Å². The summed E-state index contributed by atoms with van der Waals surface area (Å²) in [6, 6.07) is 15.6. The minimum atomic E-state index is -0.269. The third kappa shape index (κ3) is 3.10. The number of hydrogen-bond donors (Lipinski definition) is 0. The van der Waals surface area contributed by atoms with Gasteiger partial charge in [0.25, 0.3) is 5.56 Å². The molecule has 0 amide bonds. The highest BCUT2D eigenvalue weighted by atomic mass is 16.5. The molecular weight excluding hydrogens is 342 g/mol. The third-order valence-corrected chi connectivity index (χ3v) is 4.52. The molecule has 0 fully saturated rings. The quantitative estimate of drug-likeness (QED) is 0.554. The van der Waals surface area contributed by atoms with Gasteiger partial charge in [-0.1, -0.05) is 47.1 Å². The molecule has 6 heteroatoms. The Morgan fingerprint density at radius 2 is 1.93 bits per heavy atom. The molecule has 0 N–H and O–H groups in total. The second kappa shape index (κ2) is 6.72. The lowest BCUT2D eigenvalue weighted by molar-refractivity contribution is 0.405. The van der Waals surface area contributed by atoms with Crippen molar-refractivity contribution in [2.75, 3.05) is 7.11 Å². The van der Waals surface area contributed by atoms with Crippen molar-refractivity contribution in [1.82, 2.24) is 14.9 Å². The van der Waals surface area contributed by atoms with E-state index < -0.39 is 0 Å². The van der Waals surface area contributed by atoms with Crippen molar-refractivity contribution in [2.45, 2.75) is 20.4 Å². The molecule has 2 heterocycles. The molecule has 4 aromatic rings. The Morgan fingerprint density at radius 1 is 1.11 bits per heavy atom. The molecule has 0 saturated heterocycles. The first kappa shape index (κ1) is 17.0. The van der Waals surface area contributed by atoms with Crippen molar-refractivity contribution in [3.63, 3.8) is 0 Å². The molecule has 2 aromatic heterocycles. The SMILES string of the molecule is COc1cccc(-c2nn(Cc3cccc(C)c3)c(=O)c3noc(C)c23)c1. The van der Waals surface area contributed by atoms with Crippen molar-refractivity contribution in [3.05, 3.63) is 75.8 Å². The zero-order valence-electron chi connectivity index (χ0n) is 15.4. The number of rotatable bonds is 4. The molecule has 0 aliphatic heterocycles. The van der Waals surface area contributed by atoms with Gasteiger partial charge in [0.15, 0.2) is 5.52 Å². The van der Waals surface area contributed by atoms with Gasteiger partial charge in [0.05, 0.1) is 19.0 Å². The molecule has 27 heavy (non-hydrogen) atoms. The van der Waals surface area contributed by atoms with Crippen LogP contribution in [0.3, 0.4) is 0 Å². The molecule has 0 saturated carbocycles. The van der Waals surface area contributed by atoms with Crippen LogP contribution in [0.4, 0.5) is 0 Å². The average molecular weight is 361 g/mol. The number of fused-ring (bicyclic) bond motifs is 1. The number of ether oxygens (including phenoxy) is 1. The Morgan fingerprint density at radius 3 is 2.70 bits per heavy atom. The van der Waals surface area contributed by atoms with Crippen LogP contribution in [0.1, 0.15) is 16.9 Å². The number of aromatic nitrogens is 3. The Hall–Kier alpha value is -3.41. The summed E-state index contributed by atoms with van der Waals surface area (Å²) < 4.78 is 12.1. The maximum Gasteiger partial charge on any atom is 0.297 e. The summed E-state index contributed by atoms with van der Waals surface area (Å²) in [5, 5.41) is 9.27. The molecule has 0 unspecified atom stereocenters. The Balaban J connectivity index is 1.93. The monoisotopic (exact) mass is 361 g/mol. The number of hydrogen-bond acceptors (Lipinski definition) is 5. The van der Waals surface area contributed by atoms with Crippen LogP contribution in [0.2, 0.25) is 0 Å². The summed E-state index contributed by atoms with van der Waals surface area (Å²) in [5.41, 5.74) is 3.63. The second-order valence-corrected chi connectivity index (χ2v) is 6.49. The molecule has 0 spiro atoms. The van der Waals surface area contributed by atoms with E-state index in [1.54, 1.807) is 14.0 Å². The van der Waals surface area contributed by atoms with Crippen molar-refractivity contribution < 1.29 is 9.26 Å². The predicted molar refractivity (Wildman–Crippen MR) is 103 cm³/mol. The number of methoxy groups -OCH3 is 1. The molecule has 0 radical (unpaired) electrons. The van der Waals surface area contributed by atoms with E-state index in [0.717, 1.165) is 16.7 Å². The van der Waals surface area contributed by atoms with Gasteiger partial charge in [-0.3, -0.25) is 4.79 Å². The van der Waals surface area contributed by atoms with Crippen LogP contribution in [0.15, 0.2) is 57.8 Å². The number of aryl methyl sites for hydroxylation is 2. The summed E-state index contributed by atoms with van der Waals surface area (Å²) in [6.07, 6.45) is 0. The zero-order chi connectivity index (χ0) is 19.0. The van der Waals surface area contributed by atoms with Gasteiger partial charge in [0, 0.05) is 5.56 Å². The van der Waals surface area contributed by atoms with Gasteiger partial charge < -0.3 is 9.26 Å². The standard InChI is InChI=1S/C21H19N3O3/c1-13-6-4-7-15(10-13)12-24-21(25)20-18(14(2)27-23-20)19(22-24)16-8-5-9-17(11-16)26-3/h4-11H,12H2,1-3H3. The maximum absolute atomic E-state index is 12.9. The molecule has 0 bridgehead atoms. The van der Waals surface area contributed by atoms with Crippen molar-refractivity contribution in [1.29, 1.82) is 0 Å². The molecule has 0 aliphatic carbocycles. The van der Waals surface area contributed by atoms with Crippen LogP contribution < -0.4 is 10.3 Å². The Labute approximate surface area is 156 Å². The van der Waals surface area contributed by atoms with Gasteiger partial charge in [0.1, 0.15) is 17.2 Å². The highest BCUT2D eigenvalue weighted by Crippen LogP contribution is 2.29. The summed E-state index contributed by atoms with van der Waals surface area (Å²) >= 11 is 0. The lowest BCUT2D eigenvalue weighted by Crippen LogP contribution is -2.24. The van der Waals surface area contributed by atoms with E-state index in [-0.39, 0.29) is 11.1 Å². The number of benzene rings is 2. The fraction of sp³-hybridized carbons (Fsp3) is 0.190. The van der Waals surface area contributed by atoms with Crippen LogP contribution in [-0.4, -0.2) is 22.0 Å². The Kier molecular flexibility index (Phi) is 4.24. The zero-order valence-corrected chi connectivity index (χ0v) is 15.4. The van der Waals surface area contributed by atoms with E-state index in [9.17, 15) is 4.79 Å².